The van der Waals surface area contributed by atoms with Crippen LogP contribution in [0.2, 0.25) is 0 Å². The number of ether oxygens (including phenoxy) is 1. The van der Waals surface area contributed by atoms with Gasteiger partial charge in [0.05, 0.1) is 13.2 Å². The molecule has 0 aliphatic rings. The number of nitrogens with one attached hydrogen (secondary N) is 1. The molecule has 0 bridgehead atoms. The Kier molecular flexibility index (Phi) is 7.10. The van der Waals surface area contributed by atoms with Crippen molar-refractivity contribution in [3.63, 3.8) is 0 Å². The number of benzene rings is 1. The van der Waals surface area contributed by atoms with E-state index >= 15 is 0 Å². The SMILES string of the molecule is CNC(=O)c1ccc(CN(CCO)CCOC)cc1. The Morgan fingerprint density at radius 2 is 2.00 bits per heavy atom. The third-order valence-electron chi connectivity index (χ3n) is 2.88. The van der Waals surface area contributed by atoms with Gasteiger partial charge in [0, 0.05) is 39.4 Å². The van der Waals surface area contributed by atoms with Gasteiger partial charge < -0.3 is 15.2 Å². The van der Waals surface area contributed by atoms with Crippen molar-refractivity contribution < 1.29 is 14.6 Å². The van der Waals surface area contributed by atoms with Gasteiger partial charge >= 0.3 is 0 Å². The van der Waals surface area contributed by atoms with Gasteiger partial charge in [-0.05, 0) is 17.7 Å². The Labute approximate surface area is 114 Å². The number of hydrogen-bond acceptors (Lipinski definition) is 4. The van der Waals surface area contributed by atoms with E-state index in [2.05, 4.69) is 10.2 Å². The molecule has 0 aliphatic heterocycles. The van der Waals surface area contributed by atoms with Crippen molar-refractivity contribution in [2.45, 2.75) is 6.54 Å². The minimum atomic E-state index is -0.0850. The van der Waals surface area contributed by atoms with Crippen molar-refractivity contribution in [3.8, 4) is 0 Å². The summed E-state index contributed by atoms with van der Waals surface area (Å²) in [5, 5.41) is 11.6. The highest BCUT2D eigenvalue weighted by Gasteiger charge is 2.07. The third-order valence-corrected chi connectivity index (χ3v) is 2.88. The first-order chi connectivity index (χ1) is 9.21. The van der Waals surface area contributed by atoms with Gasteiger partial charge in [0.25, 0.3) is 5.91 Å². The standard InChI is InChI=1S/C14H22N2O3/c1-15-14(18)13-5-3-12(4-6-13)11-16(7-9-17)8-10-19-2/h3-6,17H,7-11H2,1-2H3,(H,15,18). The molecule has 1 rings (SSSR count). The second-order valence-corrected chi connectivity index (χ2v) is 4.27. The van der Waals surface area contributed by atoms with Crippen LogP contribution in [0.15, 0.2) is 24.3 Å². The molecule has 106 valence electrons. The lowest BCUT2D eigenvalue weighted by Gasteiger charge is -2.20. The number of amides is 1. The predicted octanol–water partition coefficient (Wildman–Crippen LogP) is 0.487. The van der Waals surface area contributed by atoms with Gasteiger partial charge in [-0.25, -0.2) is 0 Å². The fraction of sp³-hybridized carbons (Fsp3) is 0.500. The maximum absolute atomic E-state index is 11.4. The molecule has 1 amide bonds. The molecular weight excluding hydrogens is 244 g/mol. The molecule has 0 saturated carbocycles. The highest BCUT2D eigenvalue weighted by Crippen LogP contribution is 2.07. The molecule has 0 saturated heterocycles. The van der Waals surface area contributed by atoms with Crippen molar-refractivity contribution in [1.82, 2.24) is 10.2 Å². The number of carbonyl (C=O) groups excluding carboxylic acids is 1. The highest BCUT2D eigenvalue weighted by atomic mass is 16.5. The molecule has 5 nitrogen and oxygen atoms in total. The summed E-state index contributed by atoms with van der Waals surface area (Å²) in [6.07, 6.45) is 0. The van der Waals surface area contributed by atoms with Crippen molar-refractivity contribution in [3.05, 3.63) is 35.4 Å². The highest BCUT2D eigenvalue weighted by molar-refractivity contribution is 5.93. The number of rotatable bonds is 8. The molecule has 0 unspecified atom stereocenters. The van der Waals surface area contributed by atoms with Gasteiger partial charge in [-0.15, -0.1) is 0 Å². The van der Waals surface area contributed by atoms with E-state index in [0.717, 1.165) is 18.7 Å². The van der Waals surface area contributed by atoms with Crippen LogP contribution >= 0.6 is 0 Å². The number of carbonyl (C=O) groups is 1. The maximum Gasteiger partial charge on any atom is 0.251 e. The Morgan fingerprint density at radius 1 is 1.32 bits per heavy atom. The summed E-state index contributed by atoms with van der Waals surface area (Å²) < 4.78 is 5.05. The molecule has 0 aliphatic carbocycles. The topological polar surface area (TPSA) is 61.8 Å². The Bertz CT molecular complexity index is 379. The number of aliphatic hydroxyl groups is 1. The molecule has 0 spiro atoms. The number of methoxy groups -OCH3 is 1. The van der Waals surface area contributed by atoms with E-state index in [-0.39, 0.29) is 12.5 Å². The zero-order chi connectivity index (χ0) is 14.1. The summed E-state index contributed by atoms with van der Waals surface area (Å²) in [4.78, 5) is 13.5. The van der Waals surface area contributed by atoms with E-state index in [1.54, 1.807) is 14.2 Å². The lowest BCUT2D eigenvalue weighted by atomic mass is 10.1. The van der Waals surface area contributed by atoms with Gasteiger partial charge in [-0.2, -0.15) is 0 Å². The van der Waals surface area contributed by atoms with Crippen LogP contribution in [0.25, 0.3) is 0 Å². The molecule has 19 heavy (non-hydrogen) atoms. The van der Waals surface area contributed by atoms with Crippen LogP contribution in [0, 0.1) is 0 Å². The van der Waals surface area contributed by atoms with Crippen LogP contribution < -0.4 is 5.32 Å². The molecule has 0 aromatic heterocycles. The largest absolute Gasteiger partial charge is 0.395 e. The monoisotopic (exact) mass is 266 g/mol. The van der Waals surface area contributed by atoms with Crippen LogP contribution in [-0.2, 0) is 11.3 Å². The molecule has 0 atom stereocenters. The van der Waals surface area contributed by atoms with Crippen molar-refractivity contribution >= 4 is 5.91 Å². The number of nitrogens with zero attached hydrogens (tertiary/aromatic N) is 1. The fourth-order valence-corrected chi connectivity index (χ4v) is 1.80. The molecule has 2 N–H and O–H groups in total. The van der Waals surface area contributed by atoms with Gasteiger partial charge in [0.15, 0.2) is 0 Å². The average Bonchev–Trinajstić information content (AvgIpc) is 2.45. The molecule has 1 aromatic rings. The maximum atomic E-state index is 11.4. The summed E-state index contributed by atoms with van der Waals surface area (Å²) >= 11 is 0. The van der Waals surface area contributed by atoms with Gasteiger partial charge in [-0.3, -0.25) is 9.69 Å². The van der Waals surface area contributed by atoms with E-state index in [4.69, 9.17) is 9.84 Å². The van der Waals surface area contributed by atoms with Gasteiger partial charge in [-0.1, -0.05) is 12.1 Å². The van der Waals surface area contributed by atoms with Crippen LogP contribution in [0.5, 0.6) is 0 Å². The Hall–Kier alpha value is -1.43. The van der Waals surface area contributed by atoms with Crippen LogP contribution in [0.1, 0.15) is 15.9 Å². The molecule has 0 heterocycles. The first-order valence-electron chi connectivity index (χ1n) is 6.34. The van der Waals surface area contributed by atoms with Crippen LogP contribution in [0.4, 0.5) is 0 Å². The molecule has 0 radical (unpaired) electrons. The Balaban J connectivity index is 2.60. The molecule has 0 fully saturated rings. The second-order valence-electron chi connectivity index (χ2n) is 4.27. The smallest absolute Gasteiger partial charge is 0.251 e. The zero-order valence-electron chi connectivity index (χ0n) is 11.6. The van der Waals surface area contributed by atoms with E-state index in [0.29, 0.717) is 18.7 Å². The van der Waals surface area contributed by atoms with E-state index in [1.165, 1.54) is 0 Å². The first kappa shape index (κ1) is 15.6. The normalized spacial score (nSPS) is 10.7. The molecule has 1 aromatic carbocycles. The summed E-state index contributed by atoms with van der Waals surface area (Å²) in [5.41, 5.74) is 1.76. The lowest BCUT2D eigenvalue weighted by molar-refractivity contribution is 0.0963. The number of aliphatic hydroxyl groups excluding tert-OH is 1. The van der Waals surface area contributed by atoms with Gasteiger partial charge in [0.1, 0.15) is 0 Å². The van der Waals surface area contributed by atoms with E-state index in [9.17, 15) is 4.79 Å². The number of hydrogen-bond donors (Lipinski definition) is 2. The van der Waals surface area contributed by atoms with Gasteiger partial charge in [0.2, 0.25) is 0 Å². The zero-order valence-corrected chi connectivity index (χ0v) is 11.6. The molecular formula is C14H22N2O3. The third kappa shape index (κ3) is 5.38. The predicted molar refractivity (Wildman–Crippen MR) is 74.1 cm³/mol. The average molecular weight is 266 g/mol. The quantitative estimate of drug-likeness (QED) is 0.719. The molecule has 5 heteroatoms. The minimum absolute atomic E-state index is 0.0850. The van der Waals surface area contributed by atoms with E-state index < -0.39 is 0 Å². The Morgan fingerprint density at radius 3 is 2.53 bits per heavy atom. The summed E-state index contributed by atoms with van der Waals surface area (Å²) in [6, 6.07) is 7.48. The van der Waals surface area contributed by atoms with Crippen molar-refractivity contribution in [2.75, 3.05) is 40.5 Å². The second kappa shape index (κ2) is 8.63. The van der Waals surface area contributed by atoms with Crippen LogP contribution in [-0.4, -0.2) is 56.4 Å². The summed E-state index contributed by atoms with van der Waals surface area (Å²) in [6.45, 7) is 2.88. The van der Waals surface area contributed by atoms with Crippen molar-refractivity contribution in [1.29, 1.82) is 0 Å². The van der Waals surface area contributed by atoms with Crippen LogP contribution in [0.3, 0.4) is 0 Å². The lowest BCUT2D eigenvalue weighted by Crippen LogP contribution is -2.29. The van der Waals surface area contributed by atoms with E-state index in [1.807, 2.05) is 24.3 Å². The first-order valence-corrected chi connectivity index (χ1v) is 6.34. The fourth-order valence-electron chi connectivity index (χ4n) is 1.80. The minimum Gasteiger partial charge on any atom is -0.395 e. The summed E-state index contributed by atoms with van der Waals surface area (Å²) in [5.74, 6) is -0.0850. The summed E-state index contributed by atoms with van der Waals surface area (Å²) in [7, 11) is 3.28. The van der Waals surface area contributed by atoms with Crippen molar-refractivity contribution in [2.24, 2.45) is 0 Å².